The number of hydrogen-bond donors (Lipinski definition) is 1. The first-order valence-electron chi connectivity index (χ1n) is 5.64. The number of hydrogen-bond acceptors (Lipinski definition) is 2. The molecule has 1 aromatic heterocycles. The molecule has 1 aromatic rings. The summed E-state index contributed by atoms with van der Waals surface area (Å²) in [6.45, 7) is 4.28. The van der Waals surface area contributed by atoms with Crippen LogP contribution in [0.1, 0.15) is 24.9 Å². The predicted octanol–water partition coefficient (Wildman–Crippen LogP) is 1.88. The summed E-state index contributed by atoms with van der Waals surface area (Å²) >= 11 is 6.12. The average molecular weight is 228 g/mol. The number of nitrogens with zero attached hydrogens (tertiary/aromatic N) is 2. The number of aromatic nitrogens is 2. The topological polar surface area (TPSA) is 29.9 Å². The van der Waals surface area contributed by atoms with Crippen molar-refractivity contribution in [1.29, 1.82) is 0 Å². The highest BCUT2D eigenvalue weighted by molar-refractivity contribution is 6.30. The Morgan fingerprint density at radius 3 is 3.07 bits per heavy atom. The Labute approximate surface area is 95.8 Å². The summed E-state index contributed by atoms with van der Waals surface area (Å²) in [6.07, 6.45) is 3.25. The van der Waals surface area contributed by atoms with Crippen LogP contribution < -0.4 is 5.32 Å². The molecule has 0 bridgehead atoms. The number of imidazole rings is 1. The highest BCUT2D eigenvalue weighted by Gasteiger charge is 2.23. The number of fused-ring (bicyclic) bond motifs is 1. The Morgan fingerprint density at radius 2 is 2.40 bits per heavy atom. The van der Waals surface area contributed by atoms with Gasteiger partial charge in [0.15, 0.2) is 5.15 Å². The lowest BCUT2D eigenvalue weighted by atomic mass is 9.98. The smallest absolute Gasteiger partial charge is 0.150 e. The minimum absolute atomic E-state index is 0.717. The Balaban J connectivity index is 2.23. The summed E-state index contributed by atoms with van der Waals surface area (Å²) in [5, 5.41) is 3.96. The van der Waals surface area contributed by atoms with E-state index in [2.05, 4.69) is 21.8 Å². The first kappa shape index (κ1) is 11.0. The fourth-order valence-electron chi connectivity index (χ4n) is 2.37. The van der Waals surface area contributed by atoms with Crippen LogP contribution in [-0.2, 0) is 19.4 Å². The van der Waals surface area contributed by atoms with Gasteiger partial charge in [-0.3, -0.25) is 0 Å². The van der Waals surface area contributed by atoms with E-state index in [0.717, 1.165) is 42.8 Å². The standard InChI is InChI=1S/C11H18ClN3/c1-3-10-14-11(12)9-5-4-8(6-13-2)7-15(9)10/h8,13H,3-7H2,1-2H3. The summed E-state index contributed by atoms with van der Waals surface area (Å²) in [7, 11) is 2.01. The quantitative estimate of drug-likeness (QED) is 0.855. The molecule has 1 N–H and O–H groups in total. The van der Waals surface area contributed by atoms with Crippen molar-refractivity contribution in [3.8, 4) is 0 Å². The third-order valence-electron chi connectivity index (χ3n) is 3.14. The lowest BCUT2D eigenvalue weighted by Gasteiger charge is -2.25. The van der Waals surface area contributed by atoms with E-state index in [1.165, 1.54) is 12.1 Å². The second-order valence-electron chi connectivity index (χ2n) is 4.19. The molecule has 3 nitrogen and oxygen atoms in total. The van der Waals surface area contributed by atoms with Crippen LogP contribution in [0, 0.1) is 5.92 Å². The molecule has 15 heavy (non-hydrogen) atoms. The maximum absolute atomic E-state index is 6.12. The summed E-state index contributed by atoms with van der Waals surface area (Å²) < 4.78 is 2.31. The van der Waals surface area contributed by atoms with Crippen LogP contribution in [0.5, 0.6) is 0 Å². The molecule has 4 heteroatoms. The van der Waals surface area contributed by atoms with Crippen molar-refractivity contribution < 1.29 is 0 Å². The molecule has 84 valence electrons. The van der Waals surface area contributed by atoms with Crippen LogP contribution >= 0.6 is 11.6 Å². The summed E-state index contributed by atoms with van der Waals surface area (Å²) in [5.74, 6) is 1.86. The molecule has 1 aliphatic heterocycles. The van der Waals surface area contributed by atoms with Crippen molar-refractivity contribution in [2.45, 2.75) is 32.7 Å². The Morgan fingerprint density at radius 1 is 1.60 bits per heavy atom. The van der Waals surface area contributed by atoms with E-state index < -0.39 is 0 Å². The van der Waals surface area contributed by atoms with Gasteiger partial charge >= 0.3 is 0 Å². The zero-order chi connectivity index (χ0) is 10.8. The maximum Gasteiger partial charge on any atom is 0.150 e. The van der Waals surface area contributed by atoms with Crippen LogP contribution in [0.4, 0.5) is 0 Å². The van der Waals surface area contributed by atoms with Crippen molar-refractivity contribution in [2.75, 3.05) is 13.6 Å². The van der Waals surface area contributed by atoms with Gasteiger partial charge in [-0.05, 0) is 32.4 Å². The molecular formula is C11H18ClN3. The van der Waals surface area contributed by atoms with Gasteiger partial charge in [-0.15, -0.1) is 0 Å². The van der Waals surface area contributed by atoms with Gasteiger partial charge in [0.05, 0.1) is 5.69 Å². The number of nitrogens with one attached hydrogen (secondary N) is 1. The van der Waals surface area contributed by atoms with E-state index in [1.807, 2.05) is 7.05 Å². The van der Waals surface area contributed by atoms with Crippen molar-refractivity contribution >= 4 is 11.6 Å². The third kappa shape index (κ3) is 2.04. The number of rotatable bonds is 3. The van der Waals surface area contributed by atoms with Gasteiger partial charge in [0, 0.05) is 13.0 Å². The molecule has 0 saturated heterocycles. The van der Waals surface area contributed by atoms with E-state index >= 15 is 0 Å². The van der Waals surface area contributed by atoms with E-state index in [9.17, 15) is 0 Å². The molecule has 0 amide bonds. The fourth-order valence-corrected chi connectivity index (χ4v) is 2.67. The summed E-state index contributed by atoms with van der Waals surface area (Å²) in [5.41, 5.74) is 1.24. The Hall–Kier alpha value is -0.540. The number of aryl methyl sites for hydroxylation is 1. The molecule has 1 aliphatic rings. The molecule has 0 fully saturated rings. The molecule has 1 unspecified atom stereocenters. The van der Waals surface area contributed by atoms with Gasteiger partial charge in [0.25, 0.3) is 0 Å². The van der Waals surface area contributed by atoms with Crippen LogP contribution in [0.15, 0.2) is 0 Å². The first-order valence-corrected chi connectivity index (χ1v) is 6.02. The SMILES string of the molecule is CCc1nc(Cl)c2n1CC(CNC)CC2. The highest BCUT2D eigenvalue weighted by atomic mass is 35.5. The van der Waals surface area contributed by atoms with E-state index in [4.69, 9.17) is 11.6 Å². The van der Waals surface area contributed by atoms with Gasteiger partial charge in [0.2, 0.25) is 0 Å². The van der Waals surface area contributed by atoms with E-state index in [-0.39, 0.29) is 0 Å². The van der Waals surface area contributed by atoms with Crippen molar-refractivity contribution in [2.24, 2.45) is 5.92 Å². The minimum atomic E-state index is 0.717. The molecule has 0 aliphatic carbocycles. The zero-order valence-electron chi connectivity index (χ0n) is 9.39. The predicted molar refractivity (Wildman–Crippen MR) is 62.4 cm³/mol. The Kier molecular flexibility index (Phi) is 3.32. The fraction of sp³-hybridized carbons (Fsp3) is 0.727. The molecule has 0 saturated carbocycles. The minimum Gasteiger partial charge on any atom is -0.330 e. The second kappa shape index (κ2) is 4.54. The maximum atomic E-state index is 6.12. The van der Waals surface area contributed by atoms with Crippen LogP contribution in [0.3, 0.4) is 0 Å². The van der Waals surface area contributed by atoms with Gasteiger partial charge in [-0.2, -0.15) is 0 Å². The summed E-state index contributed by atoms with van der Waals surface area (Å²) in [6, 6.07) is 0. The molecule has 2 rings (SSSR count). The van der Waals surface area contributed by atoms with Crippen molar-refractivity contribution in [3.05, 3.63) is 16.7 Å². The zero-order valence-corrected chi connectivity index (χ0v) is 10.1. The lowest BCUT2D eigenvalue weighted by molar-refractivity contribution is 0.354. The van der Waals surface area contributed by atoms with Crippen LogP contribution in [0.2, 0.25) is 5.15 Å². The van der Waals surface area contributed by atoms with Crippen molar-refractivity contribution in [1.82, 2.24) is 14.9 Å². The van der Waals surface area contributed by atoms with Crippen LogP contribution in [-0.4, -0.2) is 23.1 Å². The molecular weight excluding hydrogens is 210 g/mol. The normalized spacial score (nSPS) is 20.3. The lowest BCUT2D eigenvalue weighted by Crippen LogP contribution is -2.28. The molecule has 1 atom stereocenters. The van der Waals surface area contributed by atoms with E-state index in [1.54, 1.807) is 0 Å². The second-order valence-corrected chi connectivity index (χ2v) is 4.55. The van der Waals surface area contributed by atoms with Gasteiger partial charge in [-0.25, -0.2) is 4.98 Å². The van der Waals surface area contributed by atoms with Gasteiger partial charge in [-0.1, -0.05) is 18.5 Å². The summed E-state index contributed by atoms with van der Waals surface area (Å²) in [4.78, 5) is 4.41. The third-order valence-corrected chi connectivity index (χ3v) is 3.44. The van der Waals surface area contributed by atoms with E-state index in [0.29, 0.717) is 0 Å². The molecule has 0 spiro atoms. The molecule has 0 radical (unpaired) electrons. The monoisotopic (exact) mass is 227 g/mol. The average Bonchev–Trinajstić information content (AvgIpc) is 2.56. The molecule has 0 aromatic carbocycles. The highest BCUT2D eigenvalue weighted by Crippen LogP contribution is 2.27. The number of halogens is 1. The van der Waals surface area contributed by atoms with Gasteiger partial charge in [0.1, 0.15) is 5.82 Å². The largest absolute Gasteiger partial charge is 0.330 e. The van der Waals surface area contributed by atoms with Crippen molar-refractivity contribution in [3.63, 3.8) is 0 Å². The molecule has 2 heterocycles. The van der Waals surface area contributed by atoms with Crippen LogP contribution in [0.25, 0.3) is 0 Å². The van der Waals surface area contributed by atoms with Gasteiger partial charge < -0.3 is 9.88 Å². The Bertz CT molecular complexity index is 346. The first-order chi connectivity index (χ1) is 7.26.